The van der Waals surface area contributed by atoms with E-state index in [0.717, 1.165) is 5.92 Å². The average molecular weight is 251 g/mol. The Morgan fingerprint density at radius 2 is 1.89 bits per heavy atom. The fraction of sp³-hybridized carbons (Fsp3) is 0.812. The molecule has 0 N–H and O–H groups in total. The van der Waals surface area contributed by atoms with Crippen molar-refractivity contribution in [1.29, 1.82) is 0 Å². The lowest BCUT2D eigenvalue weighted by Gasteiger charge is -2.14. The van der Waals surface area contributed by atoms with Crippen LogP contribution in [0.15, 0.2) is 12.4 Å². The second-order valence-electron chi connectivity index (χ2n) is 5.59. The van der Waals surface area contributed by atoms with Gasteiger partial charge < -0.3 is 0 Å². The number of nitrogens with zero attached hydrogens (tertiary/aromatic N) is 2. The highest BCUT2D eigenvalue weighted by molar-refractivity contribution is 4.79. The third kappa shape index (κ3) is 4.83. The van der Waals surface area contributed by atoms with Gasteiger partial charge in [-0.05, 0) is 12.3 Å². The van der Waals surface area contributed by atoms with Gasteiger partial charge in [0, 0.05) is 6.92 Å². The lowest BCUT2D eigenvalue weighted by atomic mass is 9.93. The molecule has 0 amide bonds. The van der Waals surface area contributed by atoms with Crippen molar-refractivity contribution in [3.63, 3.8) is 0 Å². The molecular formula is C16H31N2+. The first kappa shape index (κ1) is 15.3. The van der Waals surface area contributed by atoms with Crippen LogP contribution in [0, 0.1) is 12.8 Å². The highest BCUT2D eigenvalue weighted by Gasteiger charge is 2.12. The van der Waals surface area contributed by atoms with E-state index in [0.29, 0.717) is 0 Å². The van der Waals surface area contributed by atoms with Crippen molar-refractivity contribution in [3.05, 3.63) is 18.2 Å². The molecule has 0 saturated carbocycles. The Kier molecular flexibility index (Phi) is 7.07. The molecule has 0 aliphatic rings. The molecule has 1 aromatic heterocycles. The molecule has 1 rings (SSSR count). The van der Waals surface area contributed by atoms with Gasteiger partial charge in [-0.25, -0.2) is 9.13 Å². The monoisotopic (exact) mass is 251 g/mol. The van der Waals surface area contributed by atoms with Crippen molar-refractivity contribution in [1.82, 2.24) is 4.57 Å². The van der Waals surface area contributed by atoms with E-state index >= 15 is 0 Å². The summed E-state index contributed by atoms with van der Waals surface area (Å²) in [5, 5.41) is 0. The summed E-state index contributed by atoms with van der Waals surface area (Å²) < 4.78 is 4.59. The smallest absolute Gasteiger partial charge is 0.237 e. The van der Waals surface area contributed by atoms with Crippen molar-refractivity contribution >= 4 is 0 Å². The predicted octanol–water partition coefficient (Wildman–Crippen LogP) is 4.01. The zero-order valence-electron chi connectivity index (χ0n) is 12.8. The molecule has 0 aliphatic carbocycles. The minimum Gasteiger partial charge on any atom is -0.237 e. The van der Waals surface area contributed by atoms with Crippen LogP contribution >= 0.6 is 0 Å². The summed E-state index contributed by atoms with van der Waals surface area (Å²) in [4.78, 5) is 0. The summed E-state index contributed by atoms with van der Waals surface area (Å²) in [6.45, 7) is 7.99. The minimum atomic E-state index is 0.925. The standard InChI is InChI=1S/C16H31N2/c1-5-7-8-10-16(9-6-2)11-12-18-14-13-17(4)15(18)3/h13-14,16H,5-12H2,1-4H3/q+1. The maximum Gasteiger partial charge on any atom is 0.253 e. The van der Waals surface area contributed by atoms with Crippen LogP contribution in [-0.4, -0.2) is 4.57 Å². The topological polar surface area (TPSA) is 8.81 Å². The molecule has 104 valence electrons. The molecule has 0 aromatic carbocycles. The summed E-state index contributed by atoms with van der Waals surface area (Å²) >= 11 is 0. The molecule has 0 spiro atoms. The number of hydrogen-bond acceptors (Lipinski definition) is 0. The quantitative estimate of drug-likeness (QED) is 0.463. The van der Waals surface area contributed by atoms with Crippen LogP contribution < -0.4 is 4.57 Å². The Hall–Kier alpha value is -0.790. The Morgan fingerprint density at radius 1 is 1.11 bits per heavy atom. The normalized spacial score (nSPS) is 12.9. The van der Waals surface area contributed by atoms with Gasteiger partial charge in [0.1, 0.15) is 12.4 Å². The number of unbranched alkanes of at least 4 members (excludes halogenated alkanes) is 2. The first-order valence-corrected chi connectivity index (χ1v) is 7.70. The molecule has 0 aliphatic heterocycles. The van der Waals surface area contributed by atoms with Crippen LogP contribution in [0.3, 0.4) is 0 Å². The molecule has 2 nitrogen and oxygen atoms in total. The minimum absolute atomic E-state index is 0.925. The van der Waals surface area contributed by atoms with E-state index in [4.69, 9.17) is 0 Å². The van der Waals surface area contributed by atoms with Gasteiger partial charge in [-0.3, -0.25) is 0 Å². The van der Waals surface area contributed by atoms with Gasteiger partial charge in [0.2, 0.25) is 0 Å². The van der Waals surface area contributed by atoms with E-state index in [-0.39, 0.29) is 0 Å². The lowest BCUT2D eigenvalue weighted by molar-refractivity contribution is -0.677. The van der Waals surface area contributed by atoms with Crippen LogP contribution in [0.25, 0.3) is 0 Å². The van der Waals surface area contributed by atoms with E-state index in [2.05, 4.69) is 49.3 Å². The van der Waals surface area contributed by atoms with Gasteiger partial charge in [-0.1, -0.05) is 52.4 Å². The van der Waals surface area contributed by atoms with E-state index in [9.17, 15) is 0 Å². The molecule has 0 saturated heterocycles. The highest BCUT2D eigenvalue weighted by Crippen LogP contribution is 2.20. The molecule has 18 heavy (non-hydrogen) atoms. The largest absolute Gasteiger partial charge is 0.253 e. The van der Waals surface area contributed by atoms with Crippen molar-refractivity contribution in [2.45, 2.75) is 72.3 Å². The number of imidazole rings is 1. The van der Waals surface area contributed by atoms with Crippen LogP contribution in [0.5, 0.6) is 0 Å². The third-order valence-electron chi connectivity index (χ3n) is 4.09. The Morgan fingerprint density at radius 3 is 2.44 bits per heavy atom. The molecule has 1 aromatic rings. The maximum atomic E-state index is 2.39. The average Bonchev–Trinajstić information content (AvgIpc) is 2.67. The van der Waals surface area contributed by atoms with Crippen molar-refractivity contribution < 1.29 is 4.57 Å². The second-order valence-corrected chi connectivity index (χ2v) is 5.59. The molecular weight excluding hydrogens is 220 g/mol. The van der Waals surface area contributed by atoms with Gasteiger partial charge in [0.05, 0.1) is 13.6 Å². The second kappa shape index (κ2) is 8.34. The van der Waals surface area contributed by atoms with Gasteiger partial charge in [-0.15, -0.1) is 0 Å². The summed E-state index contributed by atoms with van der Waals surface area (Å²) in [6.07, 6.45) is 14.0. The molecule has 1 heterocycles. The molecule has 1 atom stereocenters. The summed E-state index contributed by atoms with van der Waals surface area (Å²) in [7, 11) is 2.12. The van der Waals surface area contributed by atoms with Crippen molar-refractivity contribution in [2.24, 2.45) is 13.0 Å². The van der Waals surface area contributed by atoms with Gasteiger partial charge >= 0.3 is 0 Å². The molecule has 0 fully saturated rings. The van der Waals surface area contributed by atoms with Crippen molar-refractivity contribution in [3.8, 4) is 0 Å². The SMILES string of the molecule is CCCCCC(CCC)CCn1cc[n+](C)c1C. The molecule has 2 heteroatoms. The molecule has 1 unspecified atom stereocenters. The Balaban J connectivity index is 2.38. The third-order valence-corrected chi connectivity index (χ3v) is 4.09. The zero-order chi connectivity index (χ0) is 13.4. The fourth-order valence-corrected chi connectivity index (χ4v) is 2.68. The number of rotatable bonds is 9. The number of aromatic nitrogens is 2. The zero-order valence-corrected chi connectivity index (χ0v) is 12.8. The first-order chi connectivity index (χ1) is 8.69. The van der Waals surface area contributed by atoms with Crippen LogP contribution in [0.4, 0.5) is 0 Å². The molecule has 0 bridgehead atoms. The van der Waals surface area contributed by atoms with Crippen LogP contribution in [0.1, 0.15) is 64.6 Å². The number of aryl methyl sites for hydroxylation is 2. The number of hydrogen-bond donors (Lipinski definition) is 0. The van der Waals surface area contributed by atoms with E-state index in [1.807, 2.05) is 0 Å². The molecule has 0 radical (unpaired) electrons. The maximum absolute atomic E-state index is 2.39. The Bertz CT molecular complexity index is 328. The van der Waals surface area contributed by atoms with E-state index < -0.39 is 0 Å². The summed E-state index contributed by atoms with van der Waals surface area (Å²) in [6, 6.07) is 0. The first-order valence-electron chi connectivity index (χ1n) is 7.70. The highest BCUT2D eigenvalue weighted by atomic mass is 15.1. The van der Waals surface area contributed by atoms with Gasteiger partial charge in [0.25, 0.3) is 5.82 Å². The van der Waals surface area contributed by atoms with E-state index in [1.54, 1.807) is 0 Å². The van der Waals surface area contributed by atoms with Crippen LogP contribution in [0.2, 0.25) is 0 Å². The predicted molar refractivity (Wildman–Crippen MR) is 77.5 cm³/mol. The van der Waals surface area contributed by atoms with Gasteiger partial charge in [-0.2, -0.15) is 0 Å². The van der Waals surface area contributed by atoms with Crippen LogP contribution in [-0.2, 0) is 13.6 Å². The lowest BCUT2D eigenvalue weighted by Crippen LogP contribution is -2.29. The van der Waals surface area contributed by atoms with Crippen molar-refractivity contribution in [2.75, 3.05) is 0 Å². The van der Waals surface area contributed by atoms with Gasteiger partial charge in [0.15, 0.2) is 0 Å². The summed E-state index contributed by atoms with van der Waals surface area (Å²) in [5.74, 6) is 2.28. The fourth-order valence-electron chi connectivity index (χ4n) is 2.68. The summed E-state index contributed by atoms with van der Waals surface area (Å²) in [5.41, 5.74) is 0. The van der Waals surface area contributed by atoms with E-state index in [1.165, 1.54) is 57.3 Å². The Labute approximate surface area is 113 Å².